The first-order valence-corrected chi connectivity index (χ1v) is 11.4. The average molecular weight is 423 g/mol. The number of fused-ring (bicyclic) bond motifs is 3. The Morgan fingerprint density at radius 1 is 0.935 bits per heavy atom. The molecule has 5 rings (SSSR count). The minimum absolute atomic E-state index is 0.166. The number of thiophene rings is 1. The number of Topliss-reactive ketones (excluding diaryl/α,β-unsaturated/α-hetero) is 1. The molecule has 2 nitrogen and oxygen atoms in total. The van der Waals surface area contributed by atoms with Crippen LogP contribution >= 0.6 is 11.3 Å². The summed E-state index contributed by atoms with van der Waals surface area (Å²) in [6.45, 7) is 2.22. The Kier molecular flexibility index (Phi) is 4.91. The van der Waals surface area contributed by atoms with Gasteiger partial charge >= 0.3 is 0 Å². The molecule has 0 radical (unpaired) electrons. The summed E-state index contributed by atoms with van der Waals surface area (Å²) in [4.78, 5) is 14.6. The van der Waals surface area contributed by atoms with Crippen LogP contribution in [0.2, 0.25) is 0 Å². The lowest BCUT2D eigenvalue weighted by molar-refractivity contribution is -0.401. The third-order valence-electron chi connectivity index (χ3n) is 6.31. The normalized spacial score (nSPS) is 18.1. The van der Waals surface area contributed by atoms with Gasteiger partial charge in [0.1, 0.15) is 7.05 Å². The van der Waals surface area contributed by atoms with Crippen LogP contribution < -0.4 is 0 Å². The number of hydrogen-bond acceptors (Lipinski definition) is 2. The van der Waals surface area contributed by atoms with Crippen LogP contribution in [0.15, 0.2) is 90.3 Å². The highest BCUT2D eigenvalue weighted by molar-refractivity contribution is 7.10. The molecule has 152 valence electrons. The Bertz CT molecular complexity index is 1330. The third-order valence-corrected chi connectivity index (χ3v) is 7.14. The van der Waals surface area contributed by atoms with Crippen molar-refractivity contribution in [2.45, 2.75) is 18.8 Å². The van der Waals surface area contributed by atoms with Gasteiger partial charge in [-0.3, -0.25) is 4.79 Å². The summed E-state index contributed by atoms with van der Waals surface area (Å²) in [5.74, 6) is 0.166. The molecule has 1 atom stereocenters. The molecule has 1 aromatic heterocycles. The van der Waals surface area contributed by atoms with Crippen LogP contribution in [-0.2, 0) is 5.41 Å². The van der Waals surface area contributed by atoms with Gasteiger partial charge in [0.25, 0.3) is 0 Å². The van der Waals surface area contributed by atoms with Gasteiger partial charge in [-0.05, 0) is 41.3 Å². The minimum Gasteiger partial charge on any atom is -0.294 e. The molecule has 1 unspecified atom stereocenters. The first-order chi connectivity index (χ1) is 15.1. The number of ketones is 1. The summed E-state index contributed by atoms with van der Waals surface area (Å²) >= 11 is 1.72. The smallest absolute Gasteiger partial charge is 0.210 e. The lowest BCUT2D eigenvalue weighted by atomic mass is 9.73. The molecule has 4 aromatic rings. The van der Waals surface area contributed by atoms with Gasteiger partial charge in [0.15, 0.2) is 11.5 Å². The van der Waals surface area contributed by atoms with Crippen molar-refractivity contribution in [1.29, 1.82) is 0 Å². The summed E-state index contributed by atoms with van der Waals surface area (Å²) in [5, 5.41) is 4.51. The lowest BCUT2D eigenvalue weighted by Gasteiger charge is -2.23. The number of allylic oxidation sites excluding steroid dienone is 1. The number of carbonyl (C=O) groups is 1. The van der Waals surface area contributed by atoms with Crippen molar-refractivity contribution in [3.8, 4) is 0 Å². The number of nitrogens with zero attached hydrogens (tertiary/aromatic N) is 1. The monoisotopic (exact) mass is 422 g/mol. The summed E-state index contributed by atoms with van der Waals surface area (Å²) in [6, 6.07) is 26.7. The van der Waals surface area contributed by atoms with Crippen LogP contribution in [0.25, 0.3) is 16.8 Å². The minimum atomic E-state index is -0.425. The number of carbonyl (C=O) groups excluding carboxylic acids is 1. The van der Waals surface area contributed by atoms with E-state index in [0.717, 1.165) is 11.3 Å². The maximum atomic E-state index is 13.4. The van der Waals surface area contributed by atoms with Gasteiger partial charge in [-0.15, -0.1) is 11.3 Å². The van der Waals surface area contributed by atoms with Gasteiger partial charge in [0.05, 0.1) is 5.41 Å². The highest BCUT2D eigenvalue weighted by atomic mass is 32.1. The van der Waals surface area contributed by atoms with E-state index in [-0.39, 0.29) is 5.78 Å². The average Bonchev–Trinajstić information content (AvgIpc) is 3.38. The van der Waals surface area contributed by atoms with Crippen molar-refractivity contribution in [3.63, 3.8) is 0 Å². The number of hydrogen-bond donors (Lipinski definition) is 0. The molecular formula is C28H24NOS+. The van der Waals surface area contributed by atoms with Crippen LogP contribution in [0, 0.1) is 0 Å². The van der Waals surface area contributed by atoms with E-state index in [4.69, 9.17) is 0 Å². The van der Waals surface area contributed by atoms with Crippen LogP contribution in [0.4, 0.5) is 5.69 Å². The largest absolute Gasteiger partial charge is 0.294 e. The van der Waals surface area contributed by atoms with Gasteiger partial charge in [-0.2, -0.15) is 4.58 Å². The Labute approximate surface area is 186 Å². The van der Waals surface area contributed by atoms with E-state index in [1.54, 1.807) is 11.3 Å². The molecule has 2 heterocycles. The topological polar surface area (TPSA) is 20.1 Å². The molecule has 0 fully saturated rings. The summed E-state index contributed by atoms with van der Waals surface area (Å²) in [5.41, 5.74) is 3.90. The highest BCUT2D eigenvalue weighted by Gasteiger charge is 2.49. The molecule has 0 N–H and O–H groups in total. The Hall–Kier alpha value is -3.30. The molecule has 3 heteroatoms. The molecule has 1 aliphatic rings. The van der Waals surface area contributed by atoms with Gasteiger partial charge in [-0.1, -0.05) is 60.7 Å². The second-order valence-electron chi connectivity index (χ2n) is 8.27. The summed E-state index contributed by atoms with van der Waals surface area (Å²) in [6.07, 6.45) is 4.78. The zero-order valence-electron chi connectivity index (χ0n) is 17.7. The Morgan fingerprint density at radius 3 is 2.48 bits per heavy atom. The van der Waals surface area contributed by atoms with Gasteiger partial charge in [0, 0.05) is 34.6 Å². The lowest BCUT2D eigenvalue weighted by Crippen LogP contribution is -2.33. The maximum Gasteiger partial charge on any atom is 0.210 e. The van der Waals surface area contributed by atoms with Gasteiger partial charge in [-0.25, -0.2) is 0 Å². The molecule has 0 saturated heterocycles. The molecular weight excluding hydrogens is 398 g/mol. The van der Waals surface area contributed by atoms with E-state index in [0.29, 0.717) is 6.42 Å². The van der Waals surface area contributed by atoms with Crippen LogP contribution in [0.5, 0.6) is 0 Å². The molecule has 31 heavy (non-hydrogen) atoms. The Balaban J connectivity index is 1.68. The number of benzene rings is 3. The summed E-state index contributed by atoms with van der Waals surface area (Å²) in [7, 11) is 2.11. The number of rotatable bonds is 5. The third kappa shape index (κ3) is 3.35. The van der Waals surface area contributed by atoms with Crippen molar-refractivity contribution in [2.24, 2.45) is 0 Å². The predicted molar refractivity (Wildman–Crippen MR) is 131 cm³/mol. The molecule has 0 spiro atoms. The van der Waals surface area contributed by atoms with E-state index in [1.807, 2.05) is 30.3 Å². The van der Waals surface area contributed by atoms with Gasteiger partial charge < -0.3 is 0 Å². The quantitative estimate of drug-likeness (QED) is 0.254. The first-order valence-electron chi connectivity index (χ1n) is 10.5. The van der Waals surface area contributed by atoms with Crippen molar-refractivity contribution in [1.82, 2.24) is 0 Å². The molecule has 1 aliphatic heterocycles. The van der Waals surface area contributed by atoms with E-state index in [1.165, 1.54) is 26.9 Å². The summed E-state index contributed by atoms with van der Waals surface area (Å²) < 4.78 is 2.25. The van der Waals surface area contributed by atoms with Crippen LogP contribution in [0.1, 0.15) is 34.1 Å². The fourth-order valence-electron chi connectivity index (χ4n) is 4.82. The van der Waals surface area contributed by atoms with Crippen LogP contribution in [-0.4, -0.2) is 23.1 Å². The fraction of sp³-hybridized carbons (Fsp3) is 0.143. The molecule has 0 amide bonds. The van der Waals surface area contributed by atoms with E-state index in [9.17, 15) is 4.79 Å². The standard InChI is InChI=1S/C28H24NOS/c1-28(19-25(30)21-10-4-3-5-11-21)26(17-15-22-12-8-18-31-22)29(2)24-16-14-20-9-6-7-13-23(20)27(24)28/h3-18H,19H2,1-2H3/q+1. The zero-order chi connectivity index (χ0) is 21.4. The van der Waals surface area contributed by atoms with E-state index < -0.39 is 5.41 Å². The second kappa shape index (κ2) is 7.75. The molecule has 3 aromatic carbocycles. The van der Waals surface area contributed by atoms with E-state index in [2.05, 4.69) is 84.6 Å². The maximum absolute atomic E-state index is 13.4. The van der Waals surface area contributed by atoms with Crippen molar-refractivity contribution < 1.29 is 9.37 Å². The second-order valence-corrected chi connectivity index (χ2v) is 9.25. The molecule has 0 bridgehead atoms. The SMILES string of the molecule is C[N+]1=C(C=Cc2cccs2)C(C)(CC(=O)c2ccccc2)c2c1ccc1ccccc21. The van der Waals surface area contributed by atoms with Gasteiger partial charge in [0.2, 0.25) is 5.69 Å². The zero-order valence-corrected chi connectivity index (χ0v) is 18.5. The van der Waals surface area contributed by atoms with Crippen molar-refractivity contribution >= 4 is 45.4 Å². The highest BCUT2D eigenvalue weighted by Crippen LogP contribution is 2.46. The molecule has 0 aliphatic carbocycles. The Morgan fingerprint density at radius 2 is 1.71 bits per heavy atom. The van der Waals surface area contributed by atoms with E-state index >= 15 is 0 Å². The predicted octanol–water partition coefficient (Wildman–Crippen LogP) is 6.87. The van der Waals surface area contributed by atoms with Crippen molar-refractivity contribution in [3.05, 3.63) is 106 Å². The first kappa shape index (κ1) is 19.7. The fourth-order valence-corrected chi connectivity index (χ4v) is 5.43. The molecule has 0 saturated carbocycles. The van der Waals surface area contributed by atoms with Crippen molar-refractivity contribution in [2.75, 3.05) is 7.05 Å². The van der Waals surface area contributed by atoms with Crippen LogP contribution in [0.3, 0.4) is 0 Å².